The number of hydrogen-bond donors (Lipinski definition) is 2. The van der Waals surface area contributed by atoms with Crippen molar-refractivity contribution in [2.45, 2.75) is 32.4 Å². The lowest BCUT2D eigenvalue weighted by Gasteiger charge is -2.15. The molecular formula is C29H32N2O2. The molecule has 4 aromatic carbocycles. The molecule has 33 heavy (non-hydrogen) atoms. The fourth-order valence-corrected chi connectivity index (χ4v) is 4.45. The summed E-state index contributed by atoms with van der Waals surface area (Å²) in [6, 6.07) is 26.0. The maximum absolute atomic E-state index is 6.23. The van der Waals surface area contributed by atoms with Gasteiger partial charge in [-0.05, 0) is 77.2 Å². The number of anilines is 1. The van der Waals surface area contributed by atoms with Crippen LogP contribution in [0.3, 0.4) is 0 Å². The van der Waals surface area contributed by atoms with Gasteiger partial charge in [0.1, 0.15) is 5.75 Å². The van der Waals surface area contributed by atoms with Crippen molar-refractivity contribution < 1.29 is 9.47 Å². The lowest BCUT2D eigenvalue weighted by atomic mass is 10.0. The summed E-state index contributed by atoms with van der Waals surface area (Å²) in [5, 5.41) is 12.3. The Morgan fingerprint density at radius 2 is 1.33 bits per heavy atom. The van der Waals surface area contributed by atoms with Crippen molar-refractivity contribution in [1.29, 1.82) is 0 Å². The van der Waals surface area contributed by atoms with Crippen LogP contribution in [0, 0.1) is 0 Å². The largest absolute Gasteiger partial charge is 0.493 e. The molecule has 0 unspecified atom stereocenters. The molecule has 170 valence electrons. The normalized spacial score (nSPS) is 16.2. The van der Waals surface area contributed by atoms with Crippen LogP contribution >= 0.6 is 0 Å². The SMILES string of the molecule is c1ccc2cc3c(cc2c1)CNCCCOCc1cc2ccccc2cc1OCCCCN3. The summed E-state index contributed by atoms with van der Waals surface area (Å²) in [7, 11) is 0. The van der Waals surface area contributed by atoms with E-state index in [1.54, 1.807) is 0 Å². The summed E-state index contributed by atoms with van der Waals surface area (Å²) in [6.45, 7) is 4.72. The third-order valence-corrected chi connectivity index (χ3v) is 6.26. The highest BCUT2D eigenvalue weighted by Gasteiger charge is 2.09. The molecule has 0 saturated carbocycles. The zero-order valence-corrected chi connectivity index (χ0v) is 19.1. The quantitative estimate of drug-likeness (QED) is 0.338. The van der Waals surface area contributed by atoms with E-state index in [1.807, 2.05) is 0 Å². The minimum atomic E-state index is 0.580. The Kier molecular flexibility index (Phi) is 7.05. The second-order valence-electron chi connectivity index (χ2n) is 8.73. The lowest BCUT2D eigenvalue weighted by molar-refractivity contribution is 0.116. The van der Waals surface area contributed by atoms with Crippen LogP contribution in [0.1, 0.15) is 30.4 Å². The van der Waals surface area contributed by atoms with E-state index in [0.717, 1.165) is 56.8 Å². The molecule has 5 rings (SSSR count). The van der Waals surface area contributed by atoms with Crippen LogP contribution in [0.5, 0.6) is 5.75 Å². The highest BCUT2D eigenvalue weighted by Crippen LogP contribution is 2.28. The van der Waals surface area contributed by atoms with Gasteiger partial charge in [-0.25, -0.2) is 0 Å². The molecule has 4 heteroatoms. The molecule has 4 aromatic rings. The Morgan fingerprint density at radius 1 is 0.636 bits per heavy atom. The van der Waals surface area contributed by atoms with E-state index in [2.05, 4.69) is 83.4 Å². The van der Waals surface area contributed by atoms with Crippen LogP contribution < -0.4 is 15.4 Å². The van der Waals surface area contributed by atoms with E-state index in [0.29, 0.717) is 13.2 Å². The molecule has 0 saturated heterocycles. The van der Waals surface area contributed by atoms with Gasteiger partial charge in [-0.15, -0.1) is 0 Å². The van der Waals surface area contributed by atoms with Gasteiger partial charge in [-0.1, -0.05) is 48.5 Å². The highest BCUT2D eigenvalue weighted by atomic mass is 16.5. The van der Waals surface area contributed by atoms with Crippen LogP contribution in [0.2, 0.25) is 0 Å². The third kappa shape index (κ3) is 5.47. The summed E-state index contributed by atoms with van der Waals surface area (Å²) in [5.41, 5.74) is 3.66. The molecule has 0 bridgehead atoms. The summed E-state index contributed by atoms with van der Waals surface area (Å²) in [6.07, 6.45) is 3.03. The Labute approximate surface area is 195 Å². The molecule has 2 N–H and O–H groups in total. The Bertz CT molecular complexity index is 1130. The number of benzene rings is 4. The standard InChI is InChI=1S/C29H32N2O2/c1-3-10-24-18-28-26(16-22(24)8-1)20-30-12-7-14-32-21-27-17-23-9-2-4-11-25(23)19-29(27)33-15-6-5-13-31-28/h1-4,8-11,16-19,30-31H,5-7,12-15,20-21H2. The van der Waals surface area contributed by atoms with Crippen LogP contribution in [-0.2, 0) is 17.9 Å². The predicted molar refractivity (Wildman–Crippen MR) is 137 cm³/mol. The van der Waals surface area contributed by atoms with Gasteiger partial charge in [0.15, 0.2) is 0 Å². The number of fused-ring (bicyclic) bond motifs is 4. The van der Waals surface area contributed by atoms with Crippen LogP contribution in [0.15, 0.2) is 72.8 Å². The molecule has 0 amide bonds. The number of nitrogens with one attached hydrogen (secondary N) is 2. The second-order valence-corrected chi connectivity index (χ2v) is 8.73. The van der Waals surface area contributed by atoms with E-state index in [-0.39, 0.29) is 0 Å². The van der Waals surface area contributed by atoms with Gasteiger partial charge in [-0.2, -0.15) is 0 Å². The molecule has 4 nitrogen and oxygen atoms in total. The Morgan fingerprint density at radius 3 is 2.12 bits per heavy atom. The summed E-state index contributed by atoms with van der Waals surface area (Å²) < 4.78 is 12.3. The maximum atomic E-state index is 6.23. The molecule has 0 aromatic heterocycles. The molecule has 0 aliphatic carbocycles. The summed E-state index contributed by atoms with van der Waals surface area (Å²) in [4.78, 5) is 0. The van der Waals surface area contributed by atoms with Gasteiger partial charge >= 0.3 is 0 Å². The van der Waals surface area contributed by atoms with E-state index in [1.165, 1.54) is 32.8 Å². The molecular weight excluding hydrogens is 408 g/mol. The van der Waals surface area contributed by atoms with Crippen molar-refractivity contribution in [3.8, 4) is 5.75 Å². The van der Waals surface area contributed by atoms with E-state index < -0.39 is 0 Å². The first-order chi connectivity index (χ1) is 16.4. The van der Waals surface area contributed by atoms with Crippen molar-refractivity contribution in [1.82, 2.24) is 5.32 Å². The van der Waals surface area contributed by atoms with Gasteiger partial charge in [0, 0.05) is 30.9 Å². The molecule has 1 aliphatic rings. The number of hydrogen-bond acceptors (Lipinski definition) is 4. The van der Waals surface area contributed by atoms with Gasteiger partial charge in [-0.3, -0.25) is 0 Å². The Hall–Kier alpha value is -3.08. The minimum Gasteiger partial charge on any atom is -0.493 e. The van der Waals surface area contributed by atoms with Crippen LogP contribution in [0.4, 0.5) is 5.69 Å². The third-order valence-electron chi connectivity index (χ3n) is 6.26. The highest BCUT2D eigenvalue weighted by molar-refractivity contribution is 5.87. The van der Waals surface area contributed by atoms with Gasteiger partial charge < -0.3 is 20.1 Å². The lowest BCUT2D eigenvalue weighted by Crippen LogP contribution is -2.17. The molecule has 1 heterocycles. The van der Waals surface area contributed by atoms with Gasteiger partial charge in [0.05, 0.1) is 13.2 Å². The van der Waals surface area contributed by atoms with Crippen molar-refractivity contribution >= 4 is 27.2 Å². The number of rotatable bonds is 0. The van der Waals surface area contributed by atoms with Crippen molar-refractivity contribution in [3.05, 3.63) is 83.9 Å². The fourth-order valence-electron chi connectivity index (χ4n) is 4.45. The first-order valence-electron chi connectivity index (χ1n) is 12.1. The average Bonchev–Trinajstić information content (AvgIpc) is 2.85. The zero-order valence-electron chi connectivity index (χ0n) is 19.1. The average molecular weight is 441 g/mol. The van der Waals surface area contributed by atoms with E-state index in [9.17, 15) is 0 Å². The van der Waals surface area contributed by atoms with Crippen LogP contribution in [-0.4, -0.2) is 26.3 Å². The van der Waals surface area contributed by atoms with Crippen molar-refractivity contribution in [2.75, 3.05) is 31.6 Å². The molecule has 0 radical (unpaired) electrons. The maximum Gasteiger partial charge on any atom is 0.125 e. The van der Waals surface area contributed by atoms with Gasteiger partial charge in [0.2, 0.25) is 0 Å². The topological polar surface area (TPSA) is 42.5 Å². The molecule has 0 atom stereocenters. The van der Waals surface area contributed by atoms with Crippen LogP contribution in [0.25, 0.3) is 21.5 Å². The number of ether oxygens (including phenoxy) is 2. The second kappa shape index (κ2) is 10.7. The molecule has 0 fully saturated rings. The minimum absolute atomic E-state index is 0.580. The molecule has 1 aliphatic heterocycles. The summed E-state index contributed by atoms with van der Waals surface area (Å²) >= 11 is 0. The van der Waals surface area contributed by atoms with Crippen molar-refractivity contribution in [2.24, 2.45) is 0 Å². The molecule has 0 spiro atoms. The Balaban J connectivity index is 1.31. The fraction of sp³-hybridized carbons (Fsp3) is 0.310. The first kappa shape index (κ1) is 21.7. The van der Waals surface area contributed by atoms with Gasteiger partial charge in [0.25, 0.3) is 0 Å². The smallest absolute Gasteiger partial charge is 0.125 e. The summed E-state index contributed by atoms with van der Waals surface area (Å²) in [5.74, 6) is 0.945. The zero-order chi connectivity index (χ0) is 22.3. The van der Waals surface area contributed by atoms with E-state index in [4.69, 9.17) is 9.47 Å². The van der Waals surface area contributed by atoms with Crippen molar-refractivity contribution in [3.63, 3.8) is 0 Å². The van der Waals surface area contributed by atoms with E-state index >= 15 is 0 Å². The first-order valence-corrected chi connectivity index (χ1v) is 12.1. The predicted octanol–water partition coefficient (Wildman–Crippen LogP) is 6.27. The monoisotopic (exact) mass is 440 g/mol.